The van der Waals surface area contributed by atoms with Gasteiger partial charge in [-0.05, 0) is 17.9 Å². The third-order valence-corrected chi connectivity index (χ3v) is 2.78. The molecule has 1 nitrogen and oxygen atoms in total. The van der Waals surface area contributed by atoms with E-state index in [1.54, 1.807) is 0 Å². The first-order chi connectivity index (χ1) is 7.33. The maximum Gasteiger partial charge on any atom is 0.0185 e. The lowest BCUT2D eigenvalue weighted by Crippen LogP contribution is -2.16. The summed E-state index contributed by atoms with van der Waals surface area (Å²) in [5.74, 6) is 0.400. The Morgan fingerprint density at radius 1 is 1.44 bits per heavy atom. The highest BCUT2D eigenvalue weighted by atomic mass is 15.1. The summed E-state index contributed by atoms with van der Waals surface area (Å²) in [6, 6.07) is 0. The largest absolute Gasteiger partial charge is 0.355 e. The fourth-order valence-electron chi connectivity index (χ4n) is 1.80. The molecule has 1 unspecified atom stereocenters. The van der Waals surface area contributed by atoms with Gasteiger partial charge in [-0.15, -0.1) is 5.73 Å². The van der Waals surface area contributed by atoms with Crippen LogP contribution in [0.5, 0.6) is 0 Å². The molecule has 0 saturated carbocycles. The Morgan fingerprint density at radius 3 is 2.56 bits per heavy atom. The summed E-state index contributed by atoms with van der Waals surface area (Å²) in [5.41, 5.74) is 5.85. The van der Waals surface area contributed by atoms with Gasteiger partial charge >= 0.3 is 0 Å². The molecular formula is C15H23N. The third-order valence-electron chi connectivity index (χ3n) is 2.78. The zero-order valence-electron chi connectivity index (χ0n) is 11.2. The molecule has 88 valence electrons. The normalized spacial score (nSPS) is 21.6. The van der Waals surface area contributed by atoms with Crippen molar-refractivity contribution in [3.05, 3.63) is 41.9 Å². The maximum absolute atomic E-state index is 3.77. The molecule has 0 saturated heterocycles. The first kappa shape index (κ1) is 12.9. The van der Waals surface area contributed by atoms with Crippen molar-refractivity contribution in [1.29, 1.82) is 0 Å². The highest BCUT2D eigenvalue weighted by molar-refractivity contribution is 5.30. The van der Waals surface area contributed by atoms with Crippen molar-refractivity contribution in [3.63, 3.8) is 0 Å². The molecule has 1 heterocycles. The Balaban J connectivity index is 3.05. The summed E-state index contributed by atoms with van der Waals surface area (Å²) in [6.45, 7) is 12.7. The van der Waals surface area contributed by atoms with E-state index in [-0.39, 0.29) is 0 Å². The molecule has 0 bridgehead atoms. The van der Waals surface area contributed by atoms with Gasteiger partial charge in [-0.2, -0.15) is 0 Å². The zero-order valence-corrected chi connectivity index (χ0v) is 11.2. The Hall–Kier alpha value is -1.20. The van der Waals surface area contributed by atoms with Crippen molar-refractivity contribution in [1.82, 2.24) is 4.90 Å². The summed E-state index contributed by atoms with van der Waals surface area (Å²) in [4.78, 5) is 2.20. The number of hydrogen-bond acceptors (Lipinski definition) is 1. The van der Waals surface area contributed by atoms with Crippen LogP contribution in [-0.4, -0.2) is 11.9 Å². The maximum atomic E-state index is 3.77. The van der Waals surface area contributed by atoms with Crippen LogP contribution in [0.2, 0.25) is 0 Å². The minimum atomic E-state index is 0.299. The van der Waals surface area contributed by atoms with Crippen LogP contribution < -0.4 is 0 Å². The van der Waals surface area contributed by atoms with Crippen molar-refractivity contribution in [2.45, 2.75) is 34.1 Å². The van der Waals surface area contributed by atoms with E-state index in [1.165, 1.54) is 11.3 Å². The third kappa shape index (κ3) is 3.43. The molecular weight excluding hydrogens is 194 g/mol. The summed E-state index contributed by atoms with van der Waals surface area (Å²) in [7, 11) is 2.10. The van der Waals surface area contributed by atoms with E-state index in [2.05, 4.69) is 70.3 Å². The van der Waals surface area contributed by atoms with E-state index in [0.717, 1.165) is 6.42 Å². The van der Waals surface area contributed by atoms with Crippen molar-refractivity contribution >= 4 is 0 Å². The fraction of sp³-hybridized carbons (Fsp3) is 0.533. The minimum Gasteiger partial charge on any atom is -0.355 e. The number of allylic oxidation sites excluding steroid dienone is 4. The first-order valence-electron chi connectivity index (χ1n) is 5.85. The second kappa shape index (κ2) is 4.76. The van der Waals surface area contributed by atoms with Gasteiger partial charge in [0.25, 0.3) is 0 Å². The number of rotatable bonds is 1. The van der Waals surface area contributed by atoms with Crippen molar-refractivity contribution in [2.24, 2.45) is 11.3 Å². The molecule has 0 fully saturated rings. The molecule has 0 radical (unpaired) electrons. The van der Waals surface area contributed by atoms with Crippen LogP contribution in [0.4, 0.5) is 0 Å². The summed E-state index contributed by atoms with van der Waals surface area (Å²) in [5, 5.41) is 0. The molecule has 0 aliphatic carbocycles. The summed E-state index contributed by atoms with van der Waals surface area (Å²) < 4.78 is 0. The first-order valence-corrected chi connectivity index (χ1v) is 5.85. The number of hydrogen-bond donors (Lipinski definition) is 0. The zero-order chi connectivity index (χ0) is 12.3. The van der Waals surface area contributed by atoms with Gasteiger partial charge < -0.3 is 4.90 Å². The molecule has 1 aliphatic heterocycles. The molecule has 16 heavy (non-hydrogen) atoms. The van der Waals surface area contributed by atoms with Crippen LogP contribution in [0, 0.1) is 11.3 Å². The van der Waals surface area contributed by atoms with Crippen LogP contribution in [0.1, 0.15) is 34.1 Å². The molecule has 1 heteroatoms. The lowest BCUT2D eigenvalue weighted by Gasteiger charge is -2.25. The molecule has 0 N–H and O–H groups in total. The molecule has 0 aromatic rings. The lowest BCUT2D eigenvalue weighted by molar-refractivity contribution is 0.367. The average molecular weight is 217 g/mol. The van der Waals surface area contributed by atoms with Gasteiger partial charge in [0.15, 0.2) is 0 Å². The van der Waals surface area contributed by atoms with Crippen LogP contribution in [0.3, 0.4) is 0 Å². The van der Waals surface area contributed by atoms with E-state index in [9.17, 15) is 0 Å². The van der Waals surface area contributed by atoms with Crippen LogP contribution in [-0.2, 0) is 0 Å². The molecule has 0 spiro atoms. The van der Waals surface area contributed by atoms with Gasteiger partial charge in [-0.1, -0.05) is 40.3 Å². The molecule has 0 amide bonds. The number of nitrogens with zero attached hydrogens (tertiary/aromatic N) is 1. The highest BCUT2D eigenvalue weighted by Gasteiger charge is 2.18. The molecule has 1 rings (SSSR count). The van der Waals surface area contributed by atoms with E-state index >= 15 is 0 Å². The average Bonchev–Trinajstić information content (AvgIpc) is 2.28. The second-order valence-electron chi connectivity index (χ2n) is 5.75. The summed E-state index contributed by atoms with van der Waals surface area (Å²) in [6.07, 6.45) is 7.63. The van der Waals surface area contributed by atoms with Gasteiger partial charge in [0.05, 0.1) is 0 Å². The summed E-state index contributed by atoms with van der Waals surface area (Å²) >= 11 is 0. The molecule has 0 aromatic heterocycles. The van der Waals surface area contributed by atoms with E-state index in [0.29, 0.717) is 11.3 Å². The van der Waals surface area contributed by atoms with Gasteiger partial charge in [0.1, 0.15) is 0 Å². The molecule has 1 atom stereocenters. The molecule has 1 aliphatic rings. The predicted molar refractivity (Wildman–Crippen MR) is 70.9 cm³/mol. The minimum absolute atomic E-state index is 0.299. The topological polar surface area (TPSA) is 3.24 Å². The smallest absolute Gasteiger partial charge is 0.0185 e. The van der Waals surface area contributed by atoms with Gasteiger partial charge in [0, 0.05) is 30.4 Å². The van der Waals surface area contributed by atoms with E-state index < -0.39 is 0 Å². The fourth-order valence-corrected chi connectivity index (χ4v) is 1.80. The van der Waals surface area contributed by atoms with Gasteiger partial charge in [0.2, 0.25) is 0 Å². The SMILES string of the molecule is C=C=C1C=C(CC(C)(C)C)N(C)C=CC1C. The van der Waals surface area contributed by atoms with Crippen molar-refractivity contribution in [3.8, 4) is 0 Å². The Labute approximate surface area is 99.8 Å². The van der Waals surface area contributed by atoms with Crippen LogP contribution in [0.25, 0.3) is 0 Å². The van der Waals surface area contributed by atoms with Crippen LogP contribution >= 0.6 is 0 Å². The Bertz CT molecular complexity index is 359. The van der Waals surface area contributed by atoms with E-state index in [4.69, 9.17) is 0 Å². The van der Waals surface area contributed by atoms with Gasteiger partial charge in [-0.3, -0.25) is 0 Å². The van der Waals surface area contributed by atoms with Crippen molar-refractivity contribution < 1.29 is 0 Å². The highest BCUT2D eigenvalue weighted by Crippen LogP contribution is 2.29. The van der Waals surface area contributed by atoms with Crippen molar-refractivity contribution in [2.75, 3.05) is 7.05 Å². The van der Waals surface area contributed by atoms with E-state index in [1.807, 2.05) is 0 Å². The Kier molecular flexibility index (Phi) is 3.83. The monoisotopic (exact) mass is 217 g/mol. The molecule has 0 aromatic carbocycles. The predicted octanol–water partition coefficient (Wildman–Crippen LogP) is 4.11. The lowest BCUT2D eigenvalue weighted by atomic mass is 9.89. The van der Waals surface area contributed by atoms with Gasteiger partial charge in [-0.25, -0.2) is 0 Å². The quantitative estimate of drug-likeness (QED) is 0.597. The standard InChI is InChI=1S/C15H23N/c1-7-13-10-14(11-15(3,4)5)16(6)9-8-12(13)2/h8-10,12H,1,11H2,2-6H3. The Morgan fingerprint density at radius 2 is 2.06 bits per heavy atom. The van der Waals surface area contributed by atoms with Crippen LogP contribution in [0.15, 0.2) is 41.9 Å². The second-order valence-corrected chi connectivity index (χ2v) is 5.75.